The van der Waals surface area contributed by atoms with Gasteiger partial charge in [0.05, 0.1) is 11.3 Å². The summed E-state index contributed by atoms with van der Waals surface area (Å²) in [5.74, 6) is -0.407. The number of aromatic nitrogens is 2. The molecule has 1 aliphatic heterocycles. The average molecular weight is 319 g/mol. The van der Waals surface area contributed by atoms with Gasteiger partial charge >= 0.3 is 0 Å². The molecule has 2 heterocycles. The second-order valence-corrected chi connectivity index (χ2v) is 5.56. The van der Waals surface area contributed by atoms with E-state index in [4.69, 9.17) is 4.42 Å². The molecule has 4 rings (SSSR count). The number of carbonyl (C=O) groups is 2. The van der Waals surface area contributed by atoms with E-state index in [1.807, 2.05) is 43.3 Å². The lowest BCUT2D eigenvalue weighted by molar-refractivity contribution is -0.114. The van der Waals surface area contributed by atoms with Gasteiger partial charge in [0.1, 0.15) is 6.54 Å². The molecule has 3 aromatic rings. The zero-order chi connectivity index (χ0) is 16.7. The number of fused-ring (bicyclic) bond motifs is 1. The molecule has 0 N–H and O–H groups in total. The highest BCUT2D eigenvalue weighted by molar-refractivity contribution is 6.52. The quantitative estimate of drug-likeness (QED) is 0.694. The molecule has 1 amide bonds. The summed E-state index contributed by atoms with van der Waals surface area (Å²) in [6.07, 6.45) is 0. The van der Waals surface area contributed by atoms with E-state index >= 15 is 0 Å². The van der Waals surface area contributed by atoms with E-state index in [0.717, 1.165) is 11.1 Å². The van der Waals surface area contributed by atoms with E-state index < -0.39 is 11.7 Å². The molecule has 0 bridgehead atoms. The molecule has 1 aliphatic rings. The maximum absolute atomic E-state index is 12.3. The number of ketones is 1. The van der Waals surface area contributed by atoms with Gasteiger partial charge in [-0.3, -0.25) is 14.5 Å². The van der Waals surface area contributed by atoms with Crippen LogP contribution in [0.4, 0.5) is 5.69 Å². The smallest absolute Gasteiger partial charge is 0.299 e. The van der Waals surface area contributed by atoms with Gasteiger partial charge in [0.2, 0.25) is 11.8 Å². The summed E-state index contributed by atoms with van der Waals surface area (Å²) in [4.78, 5) is 25.8. The van der Waals surface area contributed by atoms with Crippen LogP contribution in [0.2, 0.25) is 0 Å². The highest BCUT2D eigenvalue weighted by Gasteiger charge is 2.37. The Balaban J connectivity index is 1.67. The van der Waals surface area contributed by atoms with Crippen molar-refractivity contribution in [2.24, 2.45) is 0 Å². The normalized spacial score (nSPS) is 13.5. The predicted octanol–water partition coefficient (Wildman–Crippen LogP) is 2.77. The number of Topliss-reactive ketones (excluding diaryl/α,β-unsaturated/α-hetero) is 1. The lowest BCUT2D eigenvalue weighted by atomic mass is 10.1. The summed E-state index contributed by atoms with van der Waals surface area (Å²) in [6.45, 7) is 1.93. The van der Waals surface area contributed by atoms with Gasteiger partial charge in [-0.25, -0.2) is 0 Å². The molecular weight excluding hydrogens is 306 g/mol. The zero-order valence-electron chi connectivity index (χ0n) is 12.9. The fourth-order valence-corrected chi connectivity index (χ4v) is 2.84. The minimum atomic E-state index is -0.571. The summed E-state index contributed by atoms with van der Waals surface area (Å²) in [7, 11) is 0. The van der Waals surface area contributed by atoms with Crippen molar-refractivity contribution < 1.29 is 14.0 Å². The molecule has 0 unspecified atom stereocenters. The SMILES string of the molecule is Cc1cccc2c1N(Cc1nnc(-c3ccccc3)o1)C(=O)C2=O. The van der Waals surface area contributed by atoms with Crippen molar-refractivity contribution in [2.45, 2.75) is 13.5 Å². The van der Waals surface area contributed by atoms with Gasteiger partial charge in [0.25, 0.3) is 11.7 Å². The molecule has 0 aliphatic carbocycles. The Labute approximate surface area is 137 Å². The fourth-order valence-electron chi connectivity index (χ4n) is 2.84. The maximum Gasteiger partial charge on any atom is 0.299 e. The average Bonchev–Trinajstić information content (AvgIpc) is 3.16. The number of hydrogen-bond acceptors (Lipinski definition) is 5. The molecule has 24 heavy (non-hydrogen) atoms. The van der Waals surface area contributed by atoms with Crippen LogP contribution in [0, 0.1) is 6.92 Å². The Morgan fingerprint density at radius 3 is 2.58 bits per heavy atom. The van der Waals surface area contributed by atoms with Gasteiger partial charge in [-0.05, 0) is 30.7 Å². The number of hydrogen-bond donors (Lipinski definition) is 0. The third kappa shape index (κ3) is 2.20. The molecule has 6 heteroatoms. The van der Waals surface area contributed by atoms with Gasteiger partial charge in [0.15, 0.2) is 0 Å². The topological polar surface area (TPSA) is 76.3 Å². The minimum absolute atomic E-state index is 0.0717. The molecule has 0 atom stereocenters. The number of aryl methyl sites for hydroxylation is 1. The highest BCUT2D eigenvalue weighted by Crippen LogP contribution is 2.33. The predicted molar refractivity (Wildman–Crippen MR) is 86.4 cm³/mol. The Kier molecular flexibility index (Phi) is 3.23. The standard InChI is InChI=1S/C18H13N3O3/c1-11-6-5-9-13-15(11)21(18(23)16(13)22)10-14-19-20-17(24-14)12-7-3-2-4-8-12/h2-9H,10H2,1H3. The number of rotatable bonds is 3. The number of anilines is 1. The Hall–Kier alpha value is -3.28. The van der Waals surface area contributed by atoms with Crippen molar-refractivity contribution in [2.75, 3.05) is 4.90 Å². The van der Waals surface area contributed by atoms with Gasteiger partial charge in [0, 0.05) is 5.56 Å². The van der Waals surface area contributed by atoms with E-state index in [9.17, 15) is 9.59 Å². The first kappa shape index (κ1) is 14.3. The van der Waals surface area contributed by atoms with Gasteiger partial charge < -0.3 is 4.42 Å². The van der Waals surface area contributed by atoms with Crippen LogP contribution in [0.1, 0.15) is 21.8 Å². The lowest BCUT2D eigenvalue weighted by Gasteiger charge is -2.15. The first-order valence-electron chi connectivity index (χ1n) is 7.49. The fraction of sp³-hybridized carbons (Fsp3) is 0.111. The lowest BCUT2D eigenvalue weighted by Crippen LogP contribution is -2.29. The monoisotopic (exact) mass is 319 g/mol. The van der Waals surface area contributed by atoms with E-state index in [1.54, 1.807) is 12.1 Å². The number of amides is 1. The summed E-state index contributed by atoms with van der Waals surface area (Å²) < 4.78 is 5.64. The van der Waals surface area contributed by atoms with Crippen molar-refractivity contribution in [1.29, 1.82) is 0 Å². The van der Waals surface area contributed by atoms with E-state index in [2.05, 4.69) is 10.2 Å². The minimum Gasteiger partial charge on any atom is -0.419 e. The first-order chi connectivity index (χ1) is 11.6. The van der Waals surface area contributed by atoms with Crippen LogP contribution in [-0.2, 0) is 11.3 Å². The van der Waals surface area contributed by atoms with E-state index in [0.29, 0.717) is 17.1 Å². The van der Waals surface area contributed by atoms with Crippen molar-refractivity contribution in [3.63, 3.8) is 0 Å². The summed E-state index contributed by atoms with van der Waals surface area (Å²) >= 11 is 0. The number of benzene rings is 2. The molecule has 0 saturated heterocycles. The largest absolute Gasteiger partial charge is 0.419 e. The highest BCUT2D eigenvalue weighted by atomic mass is 16.4. The van der Waals surface area contributed by atoms with Crippen LogP contribution in [-0.4, -0.2) is 21.9 Å². The van der Waals surface area contributed by atoms with Crippen LogP contribution in [0.5, 0.6) is 0 Å². The zero-order valence-corrected chi connectivity index (χ0v) is 12.9. The maximum atomic E-state index is 12.3. The van der Waals surface area contributed by atoms with Gasteiger partial charge in [-0.1, -0.05) is 30.3 Å². The Bertz CT molecular complexity index is 947. The number of para-hydroxylation sites is 1. The molecule has 0 saturated carbocycles. The number of nitrogens with zero attached hydrogens (tertiary/aromatic N) is 3. The third-order valence-electron chi connectivity index (χ3n) is 3.97. The second kappa shape index (κ2) is 5.42. The second-order valence-electron chi connectivity index (χ2n) is 5.56. The number of carbonyl (C=O) groups excluding carboxylic acids is 2. The molecule has 2 aromatic carbocycles. The van der Waals surface area contributed by atoms with Crippen LogP contribution < -0.4 is 4.90 Å². The molecule has 0 fully saturated rings. The van der Waals surface area contributed by atoms with Crippen LogP contribution >= 0.6 is 0 Å². The first-order valence-corrected chi connectivity index (χ1v) is 7.49. The van der Waals surface area contributed by atoms with E-state index in [1.165, 1.54) is 4.90 Å². The molecule has 0 spiro atoms. The summed E-state index contributed by atoms with van der Waals surface area (Å²) in [5, 5.41) is 8.01. The molecule has 1 aromatic heterocycles. The molecular formula is C18H13N3O3. The molecule has 118 valence electrons. The summed E-state index contributed by atoms with van der Waals surface area (Å²) in [5.41, 5.74) is 2.70. The molecule has 0 radical (unpaired) electrons. The van der Waals surface area contributed by atoms with Crippen LogP contribution in [0.3, 0.4) is 0 Å². The molecule has 6 nitrogen and oxygen atoms in total. The van der Waals surface area contributed by atoms with Crippen LogP contribution in [0.25, 0.3) is 11.5 Å². The Morgan fingerprint density at radius 2 is 1.79 bits per heavy atom. The van der Waals surface area contributed by atoms with Crippen molar-refractivity contribution in [3.8, 4) is 11.5 Å². The summed E-state index contributed by atoms with van der Waals surface area (Å²) in [6, 6.07) is 14.7. The van der Waals surface area contributed by atoms with Crippen LogP contribution in [0.15, 0.2) is 52.9 Å². The third-order valence-corrected chi connectivity index (χ3v) is 3.97. The van der Waals surface area contributed by atoms with Crippen molar-refractivity contribution >= 4 is 17.4 Å². The van der Waals surface area contributed by atoms with Gasteiger partial charge in [-0.15, -0.1) is 10.2 Å². The van der Waals surface area contributed by atoms with E-state index in [-0.39, 0.29) is 12.4 Å². The Morgan fingerprint density at radius 1 is 1.00 bits per heavy atom. The van der Waals surface area contributed by atoms with Gasteiger partial charge in [-0.2, -0.15) is 0 Å². The van der Waals surface area contributed by atoms with Crippen molar-refractivity contribution in [3.05, 3.63) is 65.5 Å². The van der Waals surface area contributed by atoms with Crippen molar-refractivity contribution in [1.82, 2.24) is 10.2 Å².